The number of pyridine rings is 1. The highest BCUT2D eigenvalue weighted by Gasteiger charge is 2.31. The number of aliphatic imine (C=N–C) groups is 1. The van der Waals surface area contributed by atoms with E-state index in [1.54, 1.807) is 24.2 Å². The topological polar surface area (TPSA) is 74.7 Å². The van der Waals surface area contributed by atoms with Gasteiger partial charge in [0.1, 0.15) is 4.90 Å². The summed E-state index contributed by atoms with van der Waals surface area (Å²) >= 11 is 0. The van der Waals surface area contributed by atoms with Crippen molar-refractivity contribution < 1.29 is 8.42 Å². The van der Waals surface area contributed by atoms with Crippen LogP contribution in [0, 0.1) is 5.92 Å². The highest BCUT2D eigenvalue weighted by atomic mass is 32.2. The molecule has 0 saturated carbocycles. The average molecular weight is 282 g/mol. The summed E-state index contributed by atoms with van der Waals surface area (Å²) in [6.07, 6.45) is 2.91. The number of anilines is 1. The molecule has 0 aliphatic carbocycles. The first-order valence-electron chi connectivity index (χ1n) is 6.11. The number of sulfonamides is 1. The number of fused-ring (bicyclic) bond motifs is 1. The molecule has 1 aromatic rings. The van der Waals surface area contributed by atoms with E-state index in [9.17, 15) is 8.42 Å². The van der Waals surface area contributed by atoms with Crippen molar-refractivity contribution in [1.82, 2.24) is 9.71 Å². The van der Waals surface area contributed by atoms with Gasteiger partial charge in [0, 0.05) is 19.4 Å². The second-order valence-electron chi connectivity index (χ2n) is 4.95. The van der Waals surface area contributed by atoms with Crippen LogP contribution in [0.5, 0.6) is 0 Å². The van der Waals surface area contributed by atoms with Crippen LogP contribution in [0.1, 0.15) is 20.8 Å². The van der Waals surface area contributed by atoms with Crippen LogP contribution in [0.3, 0.4) is 0 Å². The second-order valence-corrected chi connectivity index (χ2v) is 6.60. The minimum atomic E-state index is -3.58. The van der Waals surface area contributed by atoms with E-state index >= 15 is 0 Å². The Morgan fingerprint density at radius 1 is 1.37 bits per heavy atom. The Balaban J connectivity index is 2.49. The normalized spacial score (nSPS) is 21.1. The lowest BCUT2D eigenvalue weighted by Gasteiger charge is -2.30. The van der Waals surface area contributed by atoms with E-state index in [-0.39, 0.29) is 10.9 Å². The molecule has 1 N–H and O–H groups in total. The fraction of sp³-hybridized carbons (Fsp3) is 0.500. The monoisotopic (exact) mass is 282 g/mol. The molecule has 0 saturated heterocycles. The molecular weight excluding hydrogens is 264 g/mol. The third-order valence-corrected chi connectivity index (χ3v) is 4.59. The van der Waals surface area contributed by atoms with E-state index in [1.807, 2.05) is 20.8 Å². The molecule has 104 valence electrons. The van der Waals surface area contributed by atoms with Gasteiger partial charge in [-0.2, -0.15) is 0 Å². The van der Waals surface area contributed by atoms with Crippen molar-refractivity contribution in [3.05, 3.63) is 18.5 Å². The smallest absolute Gasteiger partial charge is 0.267 e. The maximum atomic E-state index is 12.1. The highest BCUT2D eigenvalue weighted by Crippen LogP contribution is 2.27. The fourth-order valence-corrected chi connectivity index (χ4v) is 2.89. The predicted molar refractivity (Wildman–Crippen MR) is 74.7 cm³/mol. The van der Waals surface area contributed by atoms with Gasteiger partial charge in [0.15, 0.2) is 0 Å². The zero-order valence-electron chi connectivity index (χ0n) is 11.5. The van der Waals surface area contributed by atoms with Crippen molar-refractivity contribution in [2.75, 3.05) is 11.9 Å². The Kier molecular flexibility index (Phi) is 3.49. The Morgan fingerprint density at radius 3 is 2.68 bits per heavy atom. The van der Waals surface area contributed by atoms with Crippen molar-refractivity contribution in [3.63, 3.8) is 0 Å². The molecule has 2 rings (SSSR count). The maximum absolute atomic E-state index is 12.1. The van der Waals surface area contributed by atoms with Crippen LogP contribution in [-0.2, 0) is 10.0 Å². The molecule has 6 nitrogen and oxygen atoms in total. The van der Waals surface area contributed by atoms with Gasteiger partial charge in [0.25, 0.3) is 10.0 Å². The van der Waals surface area contributed by atoms with Crippen LogP contribution in [0.15, 0.2) is 28.3 Å². The molecule has 1 unspecified atom stereocenters. The molecule has 7 heteroatoms. The molecule has 0 fully saturated rings. The average Bonchev–Trinajstić information content (AvgIpc) is 2.35. The lowest BCUT2D eigenvalue weighted by molar-refractivity contribution is 0.528. The summed E-state index contributed by atoms with van der Waals surface area (Å²) in [6.45, 7) is 6.05. The number of nitrogens with one attached hydrogen (secondary N) is 1. The van der Waals surface area contributed by atoms with Crippen LogP contribution in [0.2, 0.25) is 0 Å². The summed E-state index contributed by atoms with van der Waals surface area (Å²) in [5.74, 6) is 0.684. The summed E-state index contributed by atoms with van der Waals surface area (Å²) in [6, 6.07) is 1.70. The molecular formula is C12H18N4O2S. The van der Waals surface area contributed by atoms with Gasteiger partial charge in [-0.25, -0.2) is 18.1 Å². The van der Waals surface area contributed by atoms with Gasteiger partial charge >= 0.3 is 0 Å². The SMILES string of the molecule is CC(C)C(C)N=C1NS(=O)(=O)c2cnccc2N1C. The van der Waals surface area contributed by atoms with Crippen molar-refractivity contribution >= 4 is 21.7 Å². The zero-order chi connectivity index (χ0) is 14.2. The standard InChI is InChI=1S/C12H18N4O2S/c1-8(2)9(3)14-12-15-19(17,18)11-7-13-6-5-10(11)16(12)4/h5-9H,1-4H3,(H,14,15). The van der Waals surface area contributed by atoms with Crippen LogP contribution < -0.4 is 9.62 Å². The summed E-state index contributed by atoms with van der Waals surface area (Å²) in [7, 11) is -1.80. The van der Waals surface area contributed by atoms with Crippen molar-refractivity contribution in [2.24, 2.45) is 10.9 Å². The second kappa shape index (κ2) is 4.80. The van der Waals surface area contributed by atoms with E-state index in [4.69, 9.17) is 0 Å². The van der Waals surface area contributed by atoms with Gasteiger partial charge in [-0.1, -0.05) is 13.8 Å². The molecule has 19 heavy (non-hydrogen) atoms. The number of hydrogen-bond acceptors (Lipinski definition) is 4. The summed E-state index contributed by atoms with van der Waals surface area (Å²) in [4.78, 5) is 10.2. The summed E-state index contributed by atoms with van der Waals surface area (Å²) < 4.78 is 26.7. The number of rotatable bonds is 2. The van der Waals surface area contributed by atoms with Crippen LogP contribution in [-0.4, -0.2) is 32.5 Å². The largest absolute Gasteiger partial charge is 0.313 e. The fourth-order valence-electron chi connectivity index (χ4n) is 1.67. The minimum absolute atomic E-state index is 0.0311. The molecule has 1 atom stereocenters. The number of nitrogens with zero attached hydrogens (tertiary/aromatic N) is 3. The van der Waals surface area contributed by atoms with Gasteiger partial charge < -0.3 is 4.90 Å². The Bertz CT molecular complexity index is 610. The molecule has 0 bridgehead atoms. The molecule has 0 radical (unpaired) electrons. The molecule has 2 heterocycles. The molecule has 1 aliphatic heterocycles. The third kappa shape index (κ3) is 2.56. The highest BCUT2D eigenvalue weighted by molar-refractivity contribution is 7.90. The van der Waals surface area contributed by atoms with E-state index < -0.39 is 10.0 Å². The number of guanidine groups is 1. The molecule has 0 amide bonds. The first-order valence-corrected chi connectivity index (χ1v) is 7.59. The predicted octanol–water partition coefficient (Wildman–Crippen LogP) is 1.21. The van der Waals surface area contributed by atoms with Gasteiger partial charge in [0.2, 0.25) is 5.96 Å². The van der Waals surface area contributed by atoms with E-state index in [2.05, 4.69) is 14.7 Å². The lowest BCUT2D eigenvalue weighted by atomic mass is 10.1. The quantitative estimate of drug-likeness (QED) is 0.884. The van der Waals surface area contributed by atoms with Crippen LogP contribution in [0.4, 0.5) is 5.69 Å². The Morgan fingerprint density at radius 2 is 2.05 bits per heavy atom. The van der Waals surface area contributed by atoms with Crippen molar-refractivity contribution in [2.45, 2.75) is 31.7 Å². The number of hydrogen-bond donors (Lipinski definition) is 1. The van der Waals surface area contributed by atoms with Crippen molar-refractivity contribution in [3.8, 4) is 0 Å². The maximum Gasteiger partial charge on any atom is 0.267 e. The van der Waals surface area contributed by atoms with E-state index in [0.717, 1.165) is 0 Å². The van der Waals surface area contributed by atoms with Gasteiger partial charge in [-0.3, -0.25) is 4.98 Å². The lowest BCUT2D eigenvalue weighted by Crippen LogP contribution is -2.47. The van der Waals surface area contributed by atoms with Crippen molar-refractivity contribution in [1.29, 1.82) is 0 Å². The van der Waals surface area contributed by atoms with E-state index in [0.29, 0.717) is 17.6 Å². The minimum Gasteiger partial charge on any atom is -0.313 e. The van der Waals surface area contributed by atoms with Gasteiger partial charge in [-0.15, -0.1) is 0 Å². The van der Waals surface area contributed by atoms with Crippen LogP contribution in [0.25, 0.3) is 0 Å². The summed E-state index contributed by atoms with van der Waals surface area (Å²) in [5.41, 5.74) is 0.587. The molecule has 1 aliphatic rings. The van der Waals surface area contributed by atoms with Crippen LogP contribution >= 0.6 is 0 Å². The Hall–Kier alpha value is -1.63. The van der Waals surface area contributed by atoms with Gasteiger partial charge in [0.05, 0.1) is 11.7 Å². The first-order chi connectivity index (χ1) is 8.83. The summed E-state index contributed by atoms with van der Waals surface area (Å²) in [5, 5.41) is 0. The molecule has 1 aromatic heterocycles. The van der Waals surface area contributed by atoms with Gasteiger partial charge in [-0.05, 0) is 18.9 Å². The van der Waals surface area contributed by atoms with E-state index in [1.165, 1.54) is 6.20 Å². The Labute approximate surface area is 113 Å². The third-order valence-electron chi connectivity index (χ3n) is 3.25. The first kappa shape index (κ1) is 13.8. The molecule has 0 aromatic carbocycles. The number of aromatic nitrogens is 1. The molecule has 0 spiro atoms. The zero-order valence-corrected chi connectivity index (χ0v) is 12.3.